The number of hydrogen-bond acceptors (Lipinski definition) is 3. The van der Waals surface area contributed by atoms with Gasteiger partial charge in [-0.2, -0.15) is 0 Å². The van der Waals surface area contributed by atoms with Gasteiger partial charge in [-0.15, -0.1) is 0 Å². The van der Waals surface area contributed by atoms with Crippen LogP contribution in [0.5, 0.6) is 0 Å². The summed E-state index contributed by atoms with van der Waals surface area (Å²) < 4.78 is 13.0. The van der Waals surface area contributed by atoms with Crippen molar-refractivity contribution < 1.29 is 4.39 Å². The molecule has 0 unspecified atom stereocenters. The molecule has 3 nitrogen and oxygen atoms in total. The van der Waals surface area contributed by atoms with Crippen molar-refractivity contribution in [2.24, 2.45) is 4.99 Å². The summed E-state index contributed by atoms with van der Waals surface area (Å²) in [5.74, 6) is 0.439. The lowest BCUT2D eigenvalue weighted by atomic mass is 10.0. The number of anilines is 1. The van der Waals surface area contributed by atoms with E-state index in [0.29, 0.717) is 11.5 Å². The van der Waals surface area contributed by atoms with Gasteiger partial charge >= 0.3 is 0 Å². The van der Waals surface area contributed by atoms with Gasteiger partial charge in [-0.25, -0.2) is 9.37 Å². The normalized spacial score (nSPS) is 13.1. The fraction of sp³-hybridized carbons (Fsp3) is 0.0476. The predicted octanol–water partition coefficient (Wildman–Crippen LogP) is 5.27. The average Bonchev–Trinajstić information content (AvgIpc) is 3.16. The van der Waals surface area contributed by atoms with E-state index in [-0.39, 0.29) is 5.82 Å². The van der Waals surface area contributed by atoms with Gasteiger partial charge in [-0.1, -0.05) is 30.8 Å². The minimum atomic E-state index is -0.266. The van der Waals surface area contributed by atoms with Crippen molar-refractivity contribution >= 4 is 34.1 Å². The zero-order chi connectivity index (χ0) is 17.2. The van der Waals surface area contributed by atoms with Crippen molar-refractivity contribution in [3.63, 3.8) is 0 Å². The second-order valence-electron chi connectivity index (χ2n) is 5.93. The van der Waals surface area contributed by atoms with Gasteiger partial charge in [0.25, 0.3) is 0 Å². The zero-order valence-corrected chi connectivity index (χ0v) is 13.5. The Morgan fingerprint density at radius 1 is 1.04 bits per heavy atom. The number of rotatable bonds is 4. The van der Waals surface area contributed by atoms with Crippen LogP contribution in [0, 0.1) is 5.82 Å². The first-order valence-electron chi connectivity index (χ1n) is 8.02. The van der Waals surface area contributed by atoms with E-state index in [0.717, 1.165) is 22.8 Å². The Bertz CT molecular complexity index is 1020. The highest BCUT2D eigenvalue weighted by molar-refractivity contribution is 5.91. The molecule has 0 bridgehead atoms. The lowest BCUT2D eigenvalue weighted by Gasteiger charge is -2.10. The summed E-state index contributed by atoms with van der Waals surface area (Å²) in [6, 6.07) is 14.5. The zero-order valence-electron chi connectivity index (χ0n) is 13.5. The molecule has 2 heterocycles. The Kier molecular flexibility index (Phi) is 3.86. The molecule has 122 valence electrons. The molecule has 2 aromatic carbocycles. The van der Waals surface area contributed by atoms with Gasteiger partial charge < -0.3 is 5.32 Å². The number of fused-ring (bicyclic) bond motifs is 1. The minimum Gasteiger partial charge on any atom is -0.340 e. The summed E-state index contributed by atoms with van der Waals surface area (Å²) in [6.07, 6.45) is 6.51. The molecule has 4 rings (SSSR count). The molecule has 1 aromatic heterocycles. The molecule has 0 amide bonds. The molecule has 0 fully saturated rings. The molecule has 25 heavy (non-hydrogen) atoms. The molecule has 0 saturated carbocycles. The lowest BCUT2D eigenvalue weighted by molar-refractivity contribution is 0.627. The van der Waals surface area contributed by atoms with Gasteiger partial charge in [0.1, 0.15) is 11.6 Å². The van der Waals surface area contributed by atoms with Crippen LogP contribution in [-0.2, 0) is 0 Å². The van der Waals surface area contributed by atoms with Gasteiger partial charge in [0, 0.05) is 36.1 Å². The Morgan fingerprint density at radius 2 is 1.88 bits per heavy atom. The van der Waals surface area contributed by atoms with Gasteiger partial charge in [-0.3, -0.25) is 4.99 Å². The summed E-state index contributed by atoms with van der Waals surface area (Å²) in [4.78, 5) is 8.60. The van der Waals surface area contributed by atoms with Crippen LogP contribution in [-0.4, -0.2) is 11.2 Å². The second kappa shape index (κ2) is 6.32. The van der Waals surface area contributed by atoms with Crippen LogP contribution in [0.3, 0.4) is 0 Å². The third kappa shape index (κ3) is 3.19. The Morgan fingerprint density at radius 3 is 2.64 bits per heavy atom. The van der Waals surface area contributed by atoms with Crippen LogP contribution >= 0.6 is 0 Å². The number of benzene rings is 2. The molecule has 1 aliphatic rings. The van der Waals surface area contributed by atoms with Crippen molar-refractivity contribution in [3.8, 4) is 0 Å². The highest BCUT2D eigenvalue weighted by Crippen LogP contribution is 2.26. The van der Waals surface area contributed by atoms with Crippen molar-refractivity contribution in [2.75, 3.05) is 5.32 Å². The van der Waals surface area contributed by atoms with Crippen molar-refractivity contribution in [1.82, 2.24) is 4.98 Å². The first kappa shape index (κ1) is 15.3. The molecular weight excluding hydrogens is 313 g/mol. The van der Waals surface area contributed by atoms with Crippen molar-refractivity contribution in [2.45, 2.75) is 6.42 Å². The quantitative estimate of drug-likeness (QED) is 0.708. The van der Waals surface area contributed by atoms with Gasteiger partial charge in [0.15, 0.2) is 0 Å². The second-order valence-corrected chi connectivity index (χ2v) is 5.93. The van der Waals surface area contributed by atoms with Gasteiger partial charge in [-0.05, 0) is 46.4 Å². The Labute approximate surface area is 145 Å². The topological polar surface area (TPSA) is 37.3 Å². The first-order chi connectivity index (χ1) is 12.2. The van der Waals surface area contributed by atoms with Crippen LogP contribution in [0.4, 0.5) is 10.2 Å². The van der Waals surface area contributed by atoms with Crippen LogP contribution in [0.2, 0.25) is 0 Å². The third-order valence-corrected chi connectivity index (χ3v) is 4.21. The summed E-state index contributed by atoms with van der Waals surface area (Å²) in [5.41, 5.74) is 3.88. The summed E-state index contributed by atoms with van der Waals surface area (Å²) >= 11 is 0. The summed E-state index contributed by atoms with van der Waals surface area (Å²) in [6.45, 7) is 4.01. The molecule has 0 atom stereocenters. The molecule has 1 N–H and O–H groups in total. The van der Waals surface area contributed by atoms with Gasteiger partial charge in [0.2, 0.25) is 0 Å². The van der Waals surface area contributed by atoms with Crippen LogP contribution in [0.1, 0.15) is 17.5 Å². The van der Waals surface area contributed by atoms with Gasteiger partial charge in [0.05, 0.1) is 0 Å². The smallest absolute Gasteiger partial charge is 0.130 e. The van der Waals surface area contributed by atoms with Crippen LogP contribution in [0.15, 0.2) is 72.5 Å². The predicted molar refractivity (Wildman–Crippen MR) is 102 cm³/mol. The fourth-order valence-electron chi connectivity index (χ4n) is 2.83. The van der Waals surface area contributed by atoms with E-state index >= 15 is 0 Å². The Hall–Kier alpha value is -3.27. The first-order valence-corrected chi connectivity index (χ1v) is 8.02. The minimum absolute atomic E-state index is 0.266. The molecule has 0 saturated heterocycles. The maximum absolute atomic E-state index is 13.0. The fourth-order valence-corrected chi connectivity index (χ4v) is 2.83. The number of allylic oxidation sites excluding steroid dienone is 1. The SMILES string of the molecule is C=C(Nc1cc2cc(C3=CN=CC3)ccc2cn1)c1ccc(F)cc1. The Balaban J connectivity index is 1.61. The number of aromatic nitrogens is 1. The van der Waals surface area contributed by atoms with E-state index < -0.39 is 0 Å². The summed E-state index contributed by atoms with van der Waals surface area (Å²) in [7, 11) is 0. The molecule has 0 aliphatic carbocycles. The standard InChI is InChI=1S/C21H16FN3/c1-14(15-4-6-20(22)7-5-15)25-21-11-19-10-16(18-8-9-23-12-18)2-3-17(19)13-24-21/h2-7,9-13H,1,8H2,(H,24,25). The van der Waals surface area contributed by atoms with E-state index in [1.54, 1.807) is 12.1 Å². The molecule has 0 radical (unpaired) electrons. The summed E-state index contributed by atoms with van der Waals surface area (Å²) in [5, 5.41) is 5.35. The number of nitrogens with one attached hydrogen (secondary N) is 1. The van der Waals surface area contributed by atoms with Crippen LogP contribution < -0.4 is 5.32 Å². The monoisotopic (exact) mass is 329 g/mol. The molecule has 4 heteroatoms. The highest BCUT2D eigenvalue weighted by Gasteiger charge is 2.07. The largest absolute Gasteiger partial charge is 0.340 e. The van der Waals surface area contributed by atoms with Crippen molar-refractivity contribution in [1.29, 1.82) is 0 Å². The van der Waals surface area contributed by atoms with E-state index in [1.165, 1.54) is 23.3 Å². The highest BCUT2D eigenvalue weighted by atomic mass is 19.1. The molecular formula is C21H16FN3. The van der Waals surface area contributed by atoms with Crippen LogP contribution in [0.25, 0.3) is 22.0 Å². The molecule has 1 aliphatic heterocycles. The lowest BCUT2D eigenvalue weighted by Crippen LogP contribution is -1.99. The molecule has 0 spiro atoms. The average molecular weight is 329 g/mol. The maximum Gasteiger partial charge on any atom is 0.130 e. The van der Waals surface area contributed by atoms with E-state index in [2.05, 4.69) is 40.1 Å². The number of pyridine rings is 1. The maximum atomic E-state index is 13.0. The third-order valence-electron chi connectivity index (χ3n) is 4.21. The van der Waals surface area contributed by atoms with Crippen molar-refractivity contribution in [3.05, 3.63) is 84.5 Å². The number of nitrogens with zero attached hydrogens (tertiary/aromatic N) is 2. The number of hydrogen-bond donors (Lipinski definition) is 1. The number of halogens is 1. The van der Waals surface area contributed by atoms with E-state index in [9.17, 15) is 4.39 Å². The molecule has 3 aromatic rings. The van der Waals surface area contributed by atoms with E-state index in [4.69, 9.17) is 0 Å². The number of aliphatic imine (C=N–C) groups is 1. The van der Waals surface area contributed by atoms with E-state index in [1.807, 2.05) is 24.7 Å².